The van der Waals surface area contributed by atoms with Crippen molar-refractivity contribution in [3.05, 3.63) is 39.2 Å². The van der Waals surface area contributed by atoms with Crippen LogP contribution in [0.3, 0.4) is 0 Å². The lowest BCUT2D eigenvalue weighted by molar-refractivity contribution is 0.0695. The van der Waals surface area contributed by atoms with Crippen molar-refractivity contribution in [1.29, 1.82) is 0 Å². The Morgan fingerprint density at radius 2 is 1.97 bits per heavy atom. The average Bonchev–Trinajstić information content (AvgIpc) is 3.33. The van der Waals surface area contributed by atoms with Crippen molar-refractivity contribution in [1.82, 2.24) is 10.3 Å². The van der Waals surface area contributed by atoms with Crippen LogP contribution in [-0.2, 0) is 5.54 Å². The summed E-state index contributed by atoms with van der Waals surface area (Å²) in [5, 5.41) is 12.3. The minimum atomic E-state index is -1.46. The second-order valence-electron chi connectivity index (χ2n) is 8.74. The lowest BCUT2D eigenvalue weighted by atomic mass is 9.94. The Morgan fingerprint density at radius 3 is 2.55 bits per heavy atom. The number of nitrogens with zero attached hydrogens (tertiary/aromatic N) is 1. The highest BCUT2D eigenvalue weighted by molar-refractivity contribution is 5.95. The molecule has 7 nitrogen and oxygen atoms in total. The molecule has 0 spiro atoms. The molecule has 31 heavy (non-hydrogen) atoms. The minimum absolute atomic E-state index is 0.0774. The zero-order chi connectivity index (χ0) is 22.5. The summed E-state index contributed by atoms with van der Waals surface area (Å²) in [6.07, 6.45) is 2.74. The minimum Gasteiger partial charge on any atom is -0.477 e. The fourth-order valence-electron chi connectivity index (χ4n) is 4.82. The van der Waals surface area contributed by atoms with E-state index in [1.165, 1.54) is 0 Å². The van der Waals surface area contributed by atoms with Gasteiger partial charge in [0.05, 0.1) is 10.9 Å². The third-order valence-corrected chi connectivity index (χ3v) is 6.78. The summed E-state index contributed by atoms with van der Waals surface area (Å²) < 4.78 is 31.5. The number of benzene rings is 1. The van der Waals surface area contributed by atoms with Gasteiger partial charge in [0.2, 0.25) is 5.43 Å². The van der Waals surface area contributed by atoms with Gasteiger partial charge in [0, 0.05) is 30.4 Å². The largest absolute Gasteiger partial charge is 0.477 e. The van der Waals surface area contributed by atoms with Crippen LogP contribution in [-0.4, -0.2) is 42.2 Å². The van der Waals surface area contributed by atoms with E-state index >= 15 is 8.78 Å². The second-order valence-corrected chi connectivity index (χ2v) is 8.74. The van der Waals surface area contributed by atoms with E-state index < -0.39 is 34.1 Å². The van der Waals surface area contributed by atoms with Crippen molar-refractivity contribution >= 4 is 22.6 Å². The number of aromatic nitrogens is 1. The highest BCUT2D eigenvalue weighted by atomic mass is 19.1. The predicted octanol–water partition coefficient (Wildman–Crippen LogP) is 2.52. The number of anilines is 1. The summed E-state index contributed by atoms with van der Waals surface area (Å²) in [5.41, 5.74) is 3.26. The van der Waals surface area contributed by atoms with Crippen LogP contribution in [0.5, 0.6) is 0 Å². The van der Waals surface area contributed by atoms with Crippen LogP contribution < -0.4 is 21.4 Å². The molecular weight excluding hydrogens is 406 g/mol. The highest BCUT2D eigenvalue weighted by Crippen LogP contribution is 2.49. The summed E-state index contributed by atoms with van der Waals surface area (Å²) in [5.74, 6) is -2.68. The van der Waals surface area contributed by atoms with Crippen molar-refractivity contribution < 1.29 is 18.7 Å². The van der Waals surface area contributed by atoms with Gasteiger partial charge < -0.3 is 26.0 Å². The lowest BCUT2D eigenvalue weighted by Crippen LogP contribution is -2.30. The molecule has 2 aromatic rings. The average molecular weight is 434 g/mol. The number of fused-ring (bicyclic) bond motifs is 1. The van der Waals surface area contributed by atoms with E-state index in [-0.39, 0.29) is 34.0 Å². The van der Waals surface area contributed by atoms with Crippen molar-refractivity contribution in [3.8, 4) is 0 Å². The molecule has 0 bridgehead atoms. The molecule has 2 aliphatic rings. The van der Waals surface area contributed by atoms with Crippen molar-refractivity contribution in [2.24, 2.45) is 17.6 Å². The number of halogens is 2. The van der Waals surface area contributed by atoms with Gasteiger partial charge in [-0.05, 0) is 37.8 Å². The molecule has 5 N–H and O–H groups in total. The number of nitrogens with two attached hydrogens (primary N) is 1. The van der Waals surface area contributed by atoms with Crippen LogP contribution in [0.1, 0.15) is 49.0 Å². The molecule has 168 valence electrons. The number of carboxylic acids is 1. The number of aromatic amines is 1. The number of carbonyl (C=O) groups is 1. The molecule has 0 radical (unpaired) electrons. The number of H-pyrrole nitrogens is 1. The number of hydrogen-bond acceptors (Lipinski definition) is 5. The van der Waals surface area contributed by atoms with E-state index in [4.69, 9.17) is 5.73 Å². The van der Waals surface area contributed by atoms with Crippen molar-refractivity contribution in [2.75, 3.05) is 31.1 Å². The van der Waals surface area contributed by atoms with Crippen LogP contribution in [0.15, 0.2) is 11.0 Å². The third-order valence-electron chi connectivity index (χ3n) is 6.78. The molecule has 2 heterocycles. The van der Waals surface area contributed by atoms with Gasteiger partial charge in [-0.25, -0.2) is 13.6 Å². The van der Waals surface area contributed by atoms with E-state index in [2.05, 4.69) is 17.2 Å². The summed E-state index contributed by atoms with van der Waals surface area (Å²) in [4.78, 5) is 28.6. The molecule has 9 heteroatoms. The monoisotopic (exact) mass is 434 g/mol. The molecule has 1 saturated carbocycles. The number of pyridine rings is 1. The van der Waals surface area contributed by atoms with Crippen LogP contribution in [0.25, 0.3) is 10.9 Å². The number of hydrogen-bond donors (Lipinski definition) is 4. The first-order valence-electron chi connectivity index (χ1n) is 10.8. The molecule has 0 amide bonds. The van der Waals surface area contributed by atoms with E-state index in [1.54, 1.807) is 4.90 Å². The van der Waals surface area contributed by atoms with Gasteiger partial charge >= 0.3 is 5.97 Å². The lowest BCUT2D eigenvalue weighted by Gasteiger charge is -2.25. The van der Waals surface area contributed by atoms with Crippen LogP contribution in [0.2, 0.25) is 0 Å². The zero-order valence-corrected chi connectivity index (χ0v) is 17.7. The standard InChI is InChI=1S/C22H28F2N4O3/c1-3-11-9-28(10-12(11)7-26-4-2)19-16(23)15(22(25)5-6-22)14-18(17(19)24)27-8-13(20(14)29)21(30)31/h8,11-12,26H,3-7,9-10,25H2,1-2H3,(H,27,29)(H,30,31). The van der Waals surface area contributed by atoms with E-state index in [0.29, 0.717) is 25.9 Å². The van der Waals surface area contributed by atoms with Crippen LogP contribution in [0, 0.1) is 23.5 Å². The fraction of sp³-hybridized carbons (Fsp3) is 0.545. The summed E-state index contributed by atoms with van der Waals surface area (Å²) in [6, 6.07) is 0. The van der Waals surface area contributed by atoms with Gasteiger partial charge in [0.1, 0.15) is 11.3 Å². The second kappa shape index (κ2) is 7.87. The maximum absolute atomic E-state index is 15.9. The molecule has 1 aliphatic carbocycles. The Morgan fingerprint density at radius 1 is 1.29 bits per heavy atom. The molecule has 1 saturated heterocycles. The summed E-state index contributed by atoms with van der Waals surface area (Å²) in [6.45, 7) is 6.64. The first kappa shape index (κ1) is 21.7. The highest BCUT2D eigenvalue weighted by Gasteiger charge is 2.47. The van der Waals surface area contributed by atoms with Gasteiger partial charge in [-0.1, -0.05) is 20.3 Å². The zero-order valence-electron chi connectivity index (χ0n) is 17.7. The van der Waals surface area contributed by atoms with Gasteiger partial charge in [0.25, 0.3) is 0 Å². The van der Waals surface area contributed by atoms with E-state index in [1.807, 2.05) is 6.92 Å². The summed E-state index contributed by atoms with van der Waals surface area (Å²) in [7, 11) is 0. The SMILES string of the molecule is CCNCC1CN(c2c(F)c(C3(N)CC3)c3c(=O)c(C(=O)O)c[nH]c3c2F)CC1CC. The number of carboxylic acid groups (broad SMARTS) is 1. The molecule has 4 rings (SSSR count). The quantitative estimate of drug-likeness (QED) is 0.533. The van der Waals surface area contributed by atoms with E-state index in [0.717, 1.165) is 25.7 Å². The van der Waals surface area contributed by atoms with Gasteiger partial charge in [-0.2, -0.15) is 0 Å². The fourth-order valence-corrected chi connectivity index (χ4v) is 4.82. The van der Waals surface area contributed by atoms with Crippen LogP contribution in [0.4, 0.5) is 14.5 Å². The molecule has 1 aliphatic heterocycles. The Balaban J connectivity index is 1.91. The molecule has 2 unspecified atom stereocenters. The van der Waals surface area contributed by atoms with Gasteiger partial charge in [-0.15, -0.1) is 0 Å². The van der Waals surface area contributed by atoms with Gasteiger partial charge in [-0.3, -0.25) is 4.79 Å². The Kier molecular flexibility index (Phi) is 5.51. The molecule has 2 fully saturated rings. The predicted molar refractivity (Wildman–Crippen MR) is 115 cm³/mol. The van der Waals surface area contributed by atoms with Crippen LogP contribution >= 0.6 is 0 Å². The normalized spacial score (nSPS) is 22.3. The third kappa shape index (κ3) is 3.49. The van der Waals surface area contributed by atoms with Gasteiger partial charge in [0.15, 0.2) is 11.6 Å². The maximum atomic E-state index is 15.9. The molecule has 1 aromatic heterocycles. The Bertz CT molecular complexity index is 1100. The first-order chi connectivity index (χ1) is 14.7. The maximum Gasteiger partial charge on any atom is 0.341 e. The Labute approximate surface area is 178 Å². The first-order valence-corrected chi connectivity index (χ1v) is 10.8. The molecule has 1 aromatic carbocycles. The molecule has 2 atom stereocenters. The molecular formula is C22H28F2N4O3. The number of nitrogens with one attached hydrogen (secondary N) is 2. The van der Waals surface area contributed by atoms with Crippen molar-refractivity contribution in [3.63, 3.8) is 0 Å². The number of aromatic carboxylic acids is 1. The topological polar surface area (TPSA) is 111 Å². The summed E-state index contributed by atoms with van der Waals surface area (Å²) >= 11 is 0. The smallest absolute Gasteiger partial charge is 0.341 e. The van der Waals surface area contributed by atoms with Crippen molar-refractivity contribution in [2.45, 2.75) is 38.6 Å². The van der Waals surface area contributed by atoms with E-state index in [9.17, 15) is 14.7 Å². The number of rotatable bonds is 7. The Hall–Kier alpha value is -2.52.